The van der Waals surface area contributed by atoms with Gasteiger partial charge in [-0.05, 0) is 30.7 Å². The zero-order chi connectivity index (χ0) is 11.0. The number of aromatic nitrogens is 3. The van der Waals surface area contributed by atoms with Crippen LogP contribution in [-0.4, -0.2) is 20.7 Å². The van der Waals surface area contributed by atoms with Crippen molar-refractivity contribution in [3.63, 3.8) is 0 Å². The van der Waals surface area contributed by atoms with Gasteiger partial charge < -0.3 is 5.73 Å². The molecule has 3 N–H and O–H groups in total. The molecule has 1 saturated carbocycles. The van der Waals surface area contributed by atoms with E-state index in [4.69, 9.17) is 5.73 Å². The van der Waals surface area contributed by atoms with Crippen molar-refractivity contribution in [3.8, 4) is 10.7 Å². The molecule has 2 aromatic rings. The van der Waals surface area contributed by atoms with Crippen molar-refractivity contribution in [1.82, 2.24) is 15.2 Å². The van der Waals surface area contributed by atoms with Crippen LogP contribution >= 0.6 is 11.3 Å². The average Bonchev–Trinajstić information content (AvgIpc) is 2.83. The Morgan fingerprint density at radius 3 is 3.00 bits per heavy atom. The van der Waals surface area contributed by atoms with Crippen molar-refractivity contribution in [1.29, 1.82) is 0 Å². The number of aromatic amines is 1. The largest absolute Gasteiger partial charge is 0.325 e. The normalized spacial score (nSPS) is 18.3. The molecule has 2 aromatic heterocycles. The molecule has 2 heterocycles. The molecule has 0 aliphatic heterocycles. The minimum absolute atomic E-state index is 0.0355. The maximum Gasteiger partial charge on any atom is 0.191 e. The Hall–Kier alpha value is -1.20. The minimum atomic E-state index is -0.0355. The molecule has 0 saturated heterocycles. The number of thiophene rings is 1. The van der Waals surface area contributed by atoms with Crippen LogP contribution < -0.4 is 5.73 Å². The molecule has 84 valence electrons. The van der Waals surface area contributed by atoms with Crippen LogP contribution in [0.4, 0.5) is 0 Å². The highest BCUT2D eigenvalue weighted by Gasteiger charge is 2.33. The van der Waals surface area contributed by atoms with Crippen molar-refractivity contribution in [2.45, 2.75) is 31.2 Å². The summed E-state index contributed by atoms with van der Waals surface area (Å²) < 4.78 is 0. The Bertz CT molecular complexity index is 470. The highest BCUT2D eigenvalue weighted by molar-refractivity contribution is 7.13. The minimum Gasteiger partial charge on any atom is -0.325 e. The summed E-state index contributed by atoms with van der Waals surface area (Å²) in [6.45, 7) is 0. The lowest BCUT2D eigenvalue weighted by molar-refractivity contribution is 0.243. The van der Waals surface area contributed by atoms with E-state index < -0.39 is 0 Å². The highest BCUT2D eigenvalue weighted by atomic mass is 32.1. The lowest BCUT2D eigenvalue weighted by Crippen LogP contribution is -2.48. The van der Waals surface area contributed by atoms with Gasteiger partial charge in [0.2, 0.25) is 0 Å². The Balaban J connectivity index is 1.78. The molecule has 4 nitrogen and oxygen atoms in total. The molecular formula is C11H14N4S. The number of rotatable bonds is 3. The molecule has 1 aliphatic carbocycles. The molecule has 0 atom stereocenters. The van der Waals surface area contributed by atoms with Crippen LogP contribution in [0.25, 0.3) is 10.7 Å². The zero-order valence-corrected chi connectivity index (χ0v) is 9.76. The van der Waals surface area contributed by atoms with E-state index in [1.165, 1.54) is 6.42 Å². The zero-order valence-electron chi connectivity index (χ0n) is 8.94. The summed E-state index contributed by atoms with van der Waals surface area (Å²) in [6, 6.07) is 4.03. The van der Waals surface area contributed by atoms with Crippen molar-refractivity contribution in [2.24, 2.45) is 5.73 Å². The summed E-state index contributed by atoms with van der Waals surface area (Å²) in [5.74, 6) is 1.69. The first-order valence-electron chi connectivity index (χ1n) is 5.49. The molecule has 0 unspecified atom stereocenters. The summed E-state index contributed by atoms with van der Waals surface area (Å²) in [6.07, 6.45) is 4.25. The lowest BCUT2D eigenvalue weighted by atomic mass is 9.75. The molecular weight excluding hydrogens is 220 g/mol. The molecule has 16 heavy (non-hydrogen) atoms. The van der Waals surface area contributed by atoms with E-state index >= 15 is 0 Å². The van der Waals surface area contributed by atoms with E-state index in [0.29, 0.717) is 0 Å². The van der Waals surface area contributed by atoms with E-state index in [9.17, 15) is 0 Å². The number of nitrogens with two attached hydrogens (primary N) is 1. The van der Waals surface area contributed by atoms with E-state index in [1.807, 2.05) is 17.5 Å². The first kappa shape index (κ1) is 9.99. The fourth-order valence-electron chi connectivity index (χ4n) is 2.03. The van der Waals surface area contributed by atoms with Crippen LogP contribution in [0.3, 0.4) is 0 Å². The van der Waals surface area contributed by atoms with Crippen molar-refractivity contribution in [2.75, 3.05) is 0 Å². The highest BCUT2D eigenvalue weighted by Crippen LogP contribution is 2.32. The number of nitrogens with one attached hydrogen (secondary N) is 1. The lowest BCUT2D eigenvalue weighted by Gasteiger charge is -2.37. The number of H-pyrrole nitrogens is 1. The van der Waals surface area contributed by atoms with Crippen LogP contribution in [0.5, 0.6) is 0 Å². The van der Waals surface area contributed by atoms with Gasteiger partial charge in [-0.25, -0.2) is 4.98 Å². The van der Waals surface area contributed by atoms with Gasteiger partial charge in [-0.3, -0.25) is 5.10 Å². The summed E-state index contributed by atoms with van der Waals surface area (Å²) in [7, 11) is 0. The standard InChI is InChI=1S/C11H14N4S/c12-11(4-2-5-11)7-9-13-10(15-14-9)8-3-1-6-16-8/h1,3,6H,2,4-5,7,12H2,(H,13,14,15). The van der Waals surface area contributed by atoms with Gasteiger partial charge in [-0.1, -0.05) is 6.07 Å². The Kier molecular flexibility index (Phi) is 2.29. The average molecular weight is 234 g/mol. The third-order valence-corrected chi connectivity index (χ3v) is 4.01. The molecule has 0 bridgehead atoms. The van der Waals surface area contributed by atoms with Crippen molar-refractivity contribution >= 4 is 11.3 Å². The molecule has 0 radical (unpaired) electrons. The fraction of sp³-hybridized carbons (Fsp3) is 0.455. The van der Waals surface area contributed by atoms with Gasteiger partial charge in [0.1, 0.15) is 5.82 Å². The van der Waals surface area contributed by atoms with Crippen LogP contribution in [0.1, 0.15) is 25.1 Å². The molecule has 0 spiro atoms. The van der Waals surface area contributed by atoms with Gasteiger partial charge in [0.15, 0.2) is 5.82 Å². The second-order valence-corrected chi connectivity index (χ2v) is 5.42. The Morgan fingerprint density at radius 1 is 1.50 bits per heavy atom. The van der Waals surface area contributed by atoms with Crippen molar-refractivity contribution < 1.29 is 0 Å². The maximum absolute atomic E-state index is 6.18. The first-order chi connectivity index (χ1) is 7.75. The smallest absolute Gasteiger partial charge is 0.191 e. The number of nitrogens with zero attached hydrogens (tertiary/aromatic N) is 2. The van der Waals surface area contributed by atoms with Crippen LogP contribution in [0, 0.1) is 0 Å². The predicted molar refractivity (Wildman–Crippen MR) is 64.2 cm³/mol. The van der Waals surface area contributed by atoms with Gasteiger partial charge in [-0.2, -0.15) is 5.10 Å². The fourth-order valence-corrected chi connectivity index (χ4v) is 2.69. The van der Waals surface area contributed by atoms with Crippen LogP contribution in [0.2, 0.25) is 0 Å². The van der Waals surface area contributed by atoms with E-state index in [0.717, 1.165) is 35.8 Å². The SMILES string of the molecule is NC1(Cc2nc(-c3cccs3)n[nH]2)CCC1. The molecule has 1 fully saturated rings. The number of hydrogen-bond donors (Lipinski definition) is 2. The number of hydrogen-bond acceptors (Lipinski definition) is 4. The van der Waals surface area contributed by atoms with Crippen molar-refractivity contribution in [3.05, 3.63) is 23.3 Å². The molecule has 3 rings (SSSR count). The quantitative estimate of drug-likeness (QED) is 0.853. The van der Waals surface area contributed by atoms with E-state index in [1.54, 1.807) is 11.3 Å². The van der Waals surface area contributed by atoms with Gasteiger partial charge in [0, 0.05) is 12.0 Å². The second kappa shape index (κ2) is 3.68. The van der Waals surface area contributed by atoms with Crippen LogP contribution in [-0.2, 0) is 6.42 Å². The van der Waals surface area contributed by atoms with Gasteiger partial charge in [0.05, 0.1) is 4.88 Å². The second-order valence-electron chi connectivity index (χ2n) is 4.48. The van der Waals surface area contributed by atoms with E-state index in [2.05, 4.69) is 15.2 Å². The van der Waals surface area contributed by atoms with Gasteiger partial charge >= 0.3 is 0 Å². The maximum atomic E-state index is 6.18. The summed E-state index contributed by atoms with van der Waals surface area (Å²) in [5, 5.41) is 9.23. The third-order valence-electron chi connectivity index (χ3n) is 3.14. The molecule has 5 heteroatoms. The third kappa shape index (κ3) is 1.76. The van der Waals surface area contributed by atoms with Gasteiger partial charge in [0.25, 0.3) is 0 Å². The Labute approximate surface area is 97.9 Å². The summed E-state index contributed by atoms with van der Waals surface area (Å²) in [5.41, 5.74) is 6.14. The monoisotopic (exact) mass is 234 g/mol. The Morgan fingerprint density at radius 2 is 2.38 bits per heavy atom. The first-order valence-corrected chi connectivity index (χ1v) is 6.37. The topological polar surface area (TPSA) is 67.6 Å². The van der Waals surface area contributed by atoms with Crippen LogP contribution in [0.15, 0.2) is 17.5 Å². The molecule has 1 aliphatic rings. The molecule has 0 amide bonds. The van der Waals surface area contributed by atoms with Gasteiger partial charge in [-0.15, -0.1) is 11.3 Å². The summed E-state index contributed by atoms with van der Waals surface area (Å²) >= 11 is 1.65. The predicted octanol–water partition coefficient (Wildman–Crippen LogP) is 1.96. The summed E-state index contributed by atoms with van der Waals surface area (Å²) in [4.78, 5) is 5.58. The molecule has 0 aromatic carbocycles. The van der Waals surface area contributed by atoms with E-state index in [-0.39, 0.29) is 5.54 Å².